The Labute approximate surface area is 189 Å². The number of rotatable bonds is 7. The summed E-state index contributed by atoms with van der Waals surface area (Å²) in [6.07, 6.45) is 4.11. The lowest BCUT2D eigenvalue weighted by Crippen LogP contribution is -2.30. The van der Waals surface area contributed by atoms with Crippen molar-refractivity contribution in [3.63, 3.8) is 0 Å². The number of aromatic nitrogens is 1. The summed E-state index contributed by atoms with van der Waals surface area (Å²) in [4.78, 5) is 16.1. The highest BCUT2D eigenvalue weighted by molar-refractivity contribution is 7.80. The number of pyridine rings is 1. The van der Waals surface area contributed by atoms with Crippen molar-refractivity contribution in [2.45, 2.75) is 12.8 Å². The van der Waals surface area contributed by atoms with Gasteiger partial charge in [0.25, 0.3) is 5.91 Å². The molecule has 0 spiro atoms. The third-order valence-electron chi connectivity index (χ3n) is 4.95. The fraction of sp³-hybridized carbons (Fsp3) is 0.227. The second-order valence-electron chi connectivity index (χ2n) is 7.27. The molecular weight excluding hydrogens is 436 g/mol. The maximum Gasteiger partial charge on any atom is 0.252 e. The highest BCUT2D eigenvalue weighted by Gasteiger charge is 2.21. The Bertz CT molecular complexity index is 1170. The zero-order chi connectivity index (χ0) is 22.0. The van der Waals surface area contributed by atoms with Crippen LogP contribution in [0.25, 0.3) is 10.9 Å². The Balaban J connectivity index is 1.55. The van der Waals surface area contributed by atoms with Gasteiger partial charge in [-0.25, -0.2) is 0 Å². The highest BCUT2D eigenvalue weighted by Crippen LogP contribution is 2.35. The lowest BCUT2D eigenvalue weighted by Gasteiger charge is -2.14. The van der Waals surface area contributed by atoms with E-state index in [4.69, 9.17) is 39.0 Å². The van der Waals surface area contributed by atoms with E-state index in [-0.39, 0.29) is 5.56 Å². The number of primary amides is 1. The van der Waals surface area contributed by atoms with Gasteiger partial charge in [0, 0.05) is 30.3 Å². The highest BCUT2D eigenvalue weighted by atomic mass is 35.5. The van der Waals surface area contributed by atoms with Crippen molar-refractivity contribution in [1.29, 1.82) is 0 Å². The minimum atomic E-state index is -0.599. The number of hydrogen-bond acceptors (Lipinski definition) is 5. The van der Waals surface area contributed by atoms with Crippen molar-refractivity contribution < 1.29 is 14.3 Å². The second kappa shape index (κ2) is 8.95. The molecule has 7 nitrogen and oxygen atoms in total. The molecule has 1 aliphatic carbocycles. The first-order chi connectivity index (χ1) is 14.9. The Morgan fingerprint density at radius 3 is 2.74 bits per heavy atom. The molecule has 0 saturated heterocycles. The zero-order valence-corrected chi connectivity index (χ0v) is 18.3. The van der Waals surface area contributed by atoms with Crippen LogP contribution in [0.2, 0.25) is 5.02 Å². The molecule has 0 atom stereocenters. The van der Waals surface area contributed by atoms with Gasteiger partial charge in [-0.2, -0.15) is 0 Å². The molecule has 1 aliphatic rings. The van der Waals surface area contributed by atoms with Crippen LogP contribution in [-0.2, 0) is 0 Å². The zero-order valence-electron chi connectivity index (χ0n) is 16.8. The van der Waals surface area contributed by atoms with Crippen LogP contribution >= 0.6 is 23.8 Å². The number of hydrogen-bond donors (Lipinski definition) is 3. The van der Waals surface area contributed by atoms with Gasteiger partial charge in [0.1, 0.15) is 17.2 Å². The largest absolute Gasteiger partial charge is 0.496 e. The minimum Gasteiger partial charge on any atom is -0.496 e. The Morgan fingerprint density at radius 1 is 1.26 bits per heavy atom. The van der Waals surface area contributed by atoms with Crippen molar-refractivity contribution in [2.75, 3.05) is 19.0 Å². The van der Waals surface area contributed by atoms with Crippen LogP contribution in [0, 0.1) is 5.92 Å². The van der Waals surface area contributed by atoms with E-state index in [9.17, 15) is 4.79 Å². The van der Waals surface area contributed by atoms with Crippen LogP contribution in [0.1, 0.15) is 23.2 Å². The van der Waals surface area contributed by atoms with Gasteiger partial charge in [0.2, 0.25) is 0 Å². The number of benzene rings is 2. The van der Waals surface area contributed by atoms with Gasteiger partial charge in [-0.1, -0.05) is 11.6 Å². The number of halogens is 1. The Hall–Kier alpha value is -3.10. The SMILES string of the molecule is COc1cc2nccc(Oc3ccc(NC(=S)NCC4CC4)c(Cl)c3)c2cc1C(N)=O. The van der Waals surface area contributed by atoms with E-state index in [0.29, 0.717) is 44.0 Å². The summed E-state index contributed by atoms with van der Waals surface area (Å²) < 4.78 is 11.3. The van der Waals surface area contributed by atoms with Crippen LogP contribution in [0.15, 0.2) is 42.6 Å². The summed E-state index contributed by atoms with van der Waals surface area (Å²) in [5, 5.41) is 7.93. The maximum absolute atomic E-state index is 11.8. The number of carbonyl (C=O) groups is 1. The van der Waals surface area contributed by atoms with Gasteiger partial charge in [-0.15, -0.1) is 0 Å². The van der Waals surface area contributed by atoms with E-state index in [0.717, 1.165) is 12.5 Å². The molecule has 4 rings (SSSR count). The number of anilines is 1. The number of nitrogens with two attached hydrogens (primary N) is 1. The predicted molar refractivity (Wildman–Crippen MR) is 125 cm³/mol. The van der Waals surface area contributed by atoms with Gasteiger partial charge in [-0.05, 0) is 55.2 Å². The average molecular weight is 457 g/mol. The number of nitrogens with one attached hydrogen (secondary N) is 2. The molecule has 1 saturated carbocycles. The molecule has 0 radical (unpaired) electrons. The molecule has 2 aromatic carbocycles. The van der Waals surface area contributed by atoms with E-state index in [1.807, 2.05) is 0 Å². The van der Waals surface area contributed by atoms with Gasteiger partial charge < -0.3 is 25.8 Å². The lowest BCUT2D eigenvalue weighted by molar-refractivity contribution is 0.0997. The smallest absolute Gasteiger partial charge is 0.252 e. The van der Waals surface area contributed by atoms with E-state index in [1.54, 1.807) is 42.6 Å². The number of carbonyl (C=O) groups excluding carboxylic acids is 1. The quantitative estimate of drug-likeness (QED) is 0.450. The first kappa shape index (κ1) is 21.1. The monoisotopic (exact) mass is 456 g/mol. The Kier molecular flexibility index (Phi) is 6.11. The molecule has 160 valence electrons. The van der Waals surface area contributed by atoms with Crippen molar-refractivity contribution >= 4 is 51.4 Å². The summed E-state index contributed by atoms with van der Waals surface area (Å²) in [7, 11) is 1.47. The molecule has 31 heavy (non-hydrogen) atoms. The van der Waals surface area contributed by atoms with E-state index in [2.05, 4.69) is 15.6 Å². The summed E-state index contributed by atoms with van der Waals surface area (Å²) in [6.45, 7) is 0.873. The van der Waals surface area contributed by atoms with Gasteiger partial charge >= 0.3 is 0 Å². The summed E-state index contributed by atoms with van der Waals surface area (Å²) >= 11 is 11.7. The molecule has 1 amide bonds. The Morgan fingerprint density at radius 2 is 2.06 bits per heavy atom. The second-order valence-corrected chi connectivity index (χ2v) is 8.08. The first-order valence-corrected chi connectivity index (χ1v) is 10.5. The van der Waals surface area contributed by atoms with E-state index >= 15 is 0 Å². The number of nitrogens with zero attached hydrogens (tertiary/aromatic N) is 1. The maximum atomic E-state index is 11.8. The predicted octanol–water partition coefficient (Wildman–Crippen LogP) is 4.48. The fourth-order valence-corrected chi connectivity index (χ4v) is 3.52. The van der Waals surface area contributed by atoms with Crippen LogP contribution in [0.5, 0.6) is 17.2 Å². The molecule has 9 heteroatoms. The molecule has 3 aromatic rings. The fourth-order valence-electron chi connectivity index (χ4n) is 3.11. The molecule has 0 aliphatic heterocycles. The van der Waals surface area contributed by atoms with E-state index in [1.165, 1.54) is 20.0 Å². The standard InChI is InChI=1S/C22H21ClN4O3S/c1-29-20-10-18-14(9-15(20)21(24)28)19(6-7-25-18)30-13-4-5-17(16(23)8-13)27-22(31)26-11-12-2-3-12/h4-10,12H,2-3,11H2,1H3,(H2,24,28)(H2,26,27,31). The topological polar surface area (TPSA) is 98.5 Å². The number of amides is 1. The first-order valence-electron chi connectivity index (χ1n) is 9.73. The van der Waals surface area contributed by atoms with Crippen molar-refractivity contribution in [3.8, 4) is 17.2 Å². The van der Waals surface area contributed by atoms with E-state index < -0.39 is 5.91 Å². The van der Waals surface area contributed by atoms with Gasteiger partial charge in [0.05, 0.1) is 28.9 Å². The number of methoxy groups -OCH3 is 1. The van der Waals surface area contributed by atoms with Crippen LogP contribution < -0.4 is 25.8 Å². The molecule has 1 fully saturated rings. The van der Waals surface area contributed by atoms with Crippen LogP contribution in [0.3, 0.4) is 0 Å². The van der Waals surface area contributed by atoms with Gasteiger partial charge in [0.15, 0.2) is 5.11 Å². The summed E-state index contributed by atoms with van der Waals surface area (Å²) in [6, 6.07) is 10.2. The molecule has 1 heterocycles. The summed E-state index contributed by atoms with van der Waals surface area (Å²) in [5.41, 5.74) is 7.02. The molecule has 0 unspecified atom stereocenters. The van der Waals surface area contributed by atoms with Gasteiger partial charge in [-0.3, -0.25) is 9.78 Å². The lowest BCUT2D eigenvalue weighted by atomic mass is 10.1. The molecule has 1 aromatic heterocycles. The summed E-state index contributed by atoms with van der Waals surface area (Å²) in [5.74, 6) is 1.51. The molecule has 4 N–H and O–H groups in total. The number of ether oxygens (including phenoxy) is 2. The average Bonchev–Trinajstić information content (AvgIpc) is 3.58. The third kappa shape index (κ3) is 4.98. The third-order valence-corrected chi connectivity index (χ3v) is 5.51. The van der Waals surface area contributed by atoms with Crippen LogP contribution in [-0.4, -0.2) is 29.7 Å². The molecule has 0 bridgehead atoms. The minimum absolute atomic E-state index is 0.248. The number of thiocarbonyl (C=S) groups is 1. The number of fused-ring (bicyclic) bond motifs is 1. The van der Waals surface area contributed by atoms with Crippen molar-refractivity contribution in [1.82, 2.24) is 10.3 Å². The van der Waals surface area contributed by atoms with Crippen molar-refractivity contribution in [3.05, 3.63) is 53.2 Å². The van der Waals surface area contributed by atoms with Crippen molar-refractivity contribution in [2.24, 2.45) is 11.7 Å². The molecular formula is C22H21ClN4O3S. The normalized spacial score (nSPS) is 13.0. The van der Waals surface area contributed by atoms with Crippen LogP contribution in [0.4, 0.5) is 5.69 Å².